The lowest BCUT2D eigenvalue weighted by Crippen LogP contribution is -2.15. The second-order valence-corrected chi connectivity index (χ2v) is 6.77. The average Bonchev–Trinajstić information content (AvgIpc) is 2.55. The molecule has 0 radical (unpaired) electrons. The Balaban J connectivity index is 2.35. The maximum Gasteiger partial charge on any atom is 0.358 e. The van der Waals surface area contributed by atoms with Crippen LogP contribution >= 0.6 is 11.6 Å². The molecule has 126 valence electrons. The zero-order valence-electron chi connectivity index (χ0n) is 12.5. The quantitative estimate of drug-likeness (QED) is 0.457. The summed E-state index contributed by atoms with van der Waals surface area (Å²) in [6.07, 6.45) is 1.19. The van der Waals surface area contributed by atoms with Crippen LogP contribution in [0.15, 0.2) is 56.6 Å². The highest BCUT2D eigenvalue weighted by atomic mass is 35.5. The molecule has 1 aliphatic rings. The summed E-state index contributed by atoms with van der Waals surface area (Å²) in [5.74, 6) is -0.380. The number of carbonyl (C=O) groups is 1. The highest BCUT2D eigenvalue weighted by Gasteiger charge is 2.23. The van der Waals surface area contributed by atoms with Gasteiger partial charge in [-0.25, -0.2) is 0 Å². The topological polar surface area (TPSA) is 116 Å². The van der Waals surface area contributed by atoms with Crippen LogP contribution < -0.4 is 0 Å². The highest BCUT2D eigenvalue weighted by Crippen LogP contribution is 2.23. The first-order valence-electron chi connectivity index (χ1n) is 6.49. The maximum atomic E-state index is 12.1. The van der Waals surface area contributed by atoms with Gasteiger partial charge in [-0.1, -0.05) is 22.8 Å². The monoisotopic (exact) mass is 370 g/mol. The molecule has 0 spiro atoms. The van der Waals surface area contributed by atoms with Crippen molar-refractivity contribution in [2.75, 3.05) is 0 Å². The van der Waals surface area contributed by atoms with Gasteiger partial charge in [0.1, 0.15) is 10.6 Å². The Bertz CT molecular complexity index is 930. The molecule has 0 aliphatic heterocycles. The summed E-state index contributed by atoms with van der Waals surface area (Å²) in [5.41, 5.74) is 0.410. The molecule has 0 saturated carbocycles. The molecule has 0 saturated heterocycles. The van der Waals surface area contributed by atoms with Crippen LogP contribution in [0.3, 0.4) is 0 Å². The number of nitro groups is 1. The number of Topliss-reactive ketones (excluding diaryl/α,β-unsaturated/α-hetero) is 1. The van der Waals surface area contributed by atoms with Gasteiger partial charge in [-0.2, -0.15) is 8.42 Å². The van der Waals surface area contributed by atoms with E-state index in [0.29, 0.717) is 11.1 Å². The number of rotatable bonds is 4. The summed E-state index contributed by atoms with van der Waals surface area (Å²) in [7, 11) is -4.36. The largest absolute Gasteiger partial charge is 0.358 e. The summed E-state index contributed by atoms with van der Waals surface area (Å²) in [6.45, 7) is 3.09. The van der Waals surface area contributed by atoms with Gasteiger partial charge in [0.05, 0.1) is 9.96 Å². The van der Waals surface area contributed by atoms with E-state index in [1.54, 1.807) is 6.92 Å². The minimum atomic E-state index is -4.36. The predicted molar refractivity (Wildman–Crippen MR) is 86.1 cm³/mol. The number of oxime groups is 1. The normalized spacial score (nSPS) is 17.0. The Morgan fingerprint density at radius 1 is 1.25 bits per heavy atom. The van der Waals surface area contributed by atoms with Gasteiger partial charge in [-0.05, 0) is 31.6 Å². The van der Waals surface area contributed by atoms with Crippen LogP contribution in [0.4, 0.5) is 5.69 Å². The summed E-state index contributed by atoms with van der Waals surface area (Å²) >= 11 is 5.76. The molecule has 1 aliphatic carbocycles. The lowest BCUT2D eigenvalue weighted by atomic mass is 9.97. The van der Waals surface area contributed by atoms with Crippen molar-refractivity contribution in [2.24, 2.45) is 5.16 Å². The minimum Gasteiger partial charge on any atom is -0.288 e. The molecule has 1 aromatic carbocycles. The first-order valence-corrected chi connectivity index (χ1v) is 8.28. The van der Waals surface area contributed by atoms with E-state index in [1.165, 1.54) is 19.1 Å². The molecule has 0 amide bonds. The smallest absolute Gasteiger partial charge is 0.288 e. The number of halogens is 1. The highest BCUT2D eigenvalue weighted by molar-refractivity contribution is 7.86. The Kier molecular flexibility index (Phi) is 4.86. The van der Waals surface area contributed by atoms with E-state index < -0.39 is 25.6 Å². The number of nitro benzene ring substituents is 1. The molecule has 8 nitrogen and oxygen atoms in total. The van der Waals surface area contributed by atoms with Crippen LogP contribution in [0.25, 0.3) is 0 Å². The lowest BCUT2D eigenvalue weighted by molar-refractivity contribution is -0.385. The zero-order valence-corrected chi connectivity index (χ0v) is 14.1. The van der Waals surface area contributed by atoms with Crippen LogP contribution in [-0.2, 0) is 19.2 Å². The molecule has 0 bridgehead atoms. The molecule has 10 heteroatoms. The van der Waals surface area contributed by atoms with Crippen molar-refractivity contribution in [3.8, 4) is 0 Å². The third-order valence-corrected chi connectivity index (χ3v) is 4.70. The van der Waals surface area contributed by atoms with Crippen LogP contribution in [0.5, 0.6) is 0 Å². The fourth-order valence-electron chi connectivity index (χ4n) is 1.82. The van der Waals surface area contributed by atoms with Crippen molar-refractivity contribution >= 4 is 38.9 Å². The van der Waals surface area contributed by atoms with Gasteiger partial charge >= 0.3 is 10.1 Å². The molecule has 0 N–H and O–H groups in total. The molecule has 0 aromatic heterocycles. The van der Waals surface area contributed by atoms with Crippen molar-refractivity contribution in [1.82, 2.24) is 0 Å². The van der Waals surface area contributed by atoms with Crippen LogP contribution in [0.1, 0.15) is 13.8 Å². The van der Waals surface area contributed by atoms with Crippen molar-refractivity contribution < 1.29 is 22.4 Å². The Morgan fingerprint density at radius 2 is 1.92 bits per heavy atom. The van der Waals surface area contributed by atoms with Crippen LogP contribution in [-0.4, -0.2) is 24.8 Å². The summed E-state index contributed by atoms with van der Waals surface area (Å²) in [5, 5.41) is 14.1. The lowest BCUT2D eigenvalue weighted by Gasteiger charge is -2.12. The van der Waals surface area contributed by atoms with Gasteiger partial charge in [0, 0.05) is 17.7 Å². The van der Waals surface area contributed by atoms with E-state index in [4.69, 9.17) is 11.6 Å². The van der Waals surface area contributed by atoms with E-state index in [1.807, 2.05) is 0 Å². The average molecular weight is 371 g/mol. The molecular formula is C14H11ClN2O6S. The third-order valence-electron chi connectivity index (χ3n) is 3.32. The predicted octanol–water partition coefficient (Wildman–Crippen LogP) is 2.70. The van der Waals surface area contributed by atoms with Gasteiger partial charge < -0.3 is 0 Å². The van der Waals surface area contributed by atoms with E-state index >= 15 is 0 Å². The number of ketones is 1. The number of carbonyl (C=O) groups excluding carboxylic acids is 1. The molecule has 0 unspecified atom stereocenters. The van der Waals surface area contributed by atoms with Crippen molar-refractivity contribution in [3.63, 3.8) is 0 Å². The molecule has 0 fully saturated rings. The van der Waals surface area contributed by atoms with Gasteiger partial charge in [0.2, 0.25) is 0 Å². The van der Waals surface area contributed by atoms with Crippen LogP contribution in [0, 0.1) is 10.1 Å². The number of hydrogen-bond acceptors (Lipinski definition) is 7. The number of non-ortho nitro benzene ring substituents is 1. The second kappa shape index (κ2) is 6.54. The van der Waals surface area contributed by atoms with Gasteiger partial charge in [0.15, 0.2) is 5.78 Å². The molecule has 0 heterocycles. The number of hydrogen-bond donors (Lipinski definition) is 0. The van der Waals surface area contributed by atoms with E-state index in [2.05, 4.69) is 9.44 Å². The van der Waals surface area contributed by atoms with Crippen molar-refractivity contribution in [3.05, 3.63) is 56.6 Å². The van der Waals surface area contributed by atoms with Crippen molar-refractivity contribution in [1.29, 1.82) is 0 Å². The zero-order chi connectivity index (χ0) is 18.1. The van der Waals surface area contributed by atoms with Gasteiger partial charge in [-0.3, -0.25) is 19.2 Å². The summed E-state index contributed by atoms with van der Waals surface area (Å²) < 4.78 is 28.8. The van der Waals surface area contributed by atoms with Crippen LogP contribution in [0.2, 0.25) is 0 Å². The summed E-state index contributed by atoms with van der Waals surface area (Å²) in [6, 6.07) is 4.36. The van der Waals surface area contributed by atoms with Gasteiger partial charge in [-0.15, -0.1) is 0 Å². The van der Waals surface area contributed by atoms with E-state index in [9.17, 15) is 23.3 Å². The third kappa shape index (κ3) is 3.52. The minimum absolute atomic E-state index is 0.0751. The molecule has 24 heavy (non-hydrogen) atoms. The standard InChI is InChI=1S/C14H11ClN2O6S/c1-8-9(2)14(18)12(15)7-13(8)16-23-24(21,22)11-5-3-4-10(6-11)17(19)20/h3-7H,1-2H3/b16-13+. The summed E-state index contributed by atoms with van der Waals surface area (Å²) in [4.78, 5) is 21.2. The number of nitrogens with zero attached hydrogens (tertiary/aromatic N) is 2. The second-order valence-electron chi connectivity index (χ2n) is 4.83. The number of benzene rings is 1. The van der Waals surface area contributed by atoms with Gasteiger partial charge in [0.25, 0.3) is 5.69 Å². The Labute approximate surface area is 142 Å². The van der Waals surface area contributed by atoms with E-state index in [-0.39, 0.29) is 16.5 Å². The molecular weight excluding hydrogens is 360 g/mol. The molecule has 2 rings (SSSR count). The van der Waals surface area contributed by atoms with Crippen molar-refractivity contribution in [2.45, 2.75) is 18.7 Å². The fourth-order valence-corrected chi connectivity index (χ4v) is 2.83. The SMILES string of the molecule is CC1=C(C)/C(=N/OS(=O)(=O)c2cccc([N+](=O)[O-])c2)C=C(Cl)C1=O. The van der Waals surface area contributed by atoms with E-state index in [0.717, 1.165) is 18.2 Å². The first-order chi connectivity index (χ1) is 11.1. The maximum absolute atomic E-state index is 12.1. The fraction of sp³-hybridized carbons (Fsp3) is 0.143. The Hall–Kier alpha value is -2.52. The first kappa shape index (κ1) is 17.8. The molecule has 0 atom stereocenters. The molecule has 1 aromatic rings. The number of allylic oxidation sites excluding steroid dienone is 4. The Morgan fingerprint density at radius 3 is 2.54 bits per heavy atom.